The maximum atomic E-state index is 13.2. The van der Waals surface area contributed by atoms with E-state index in [2.05, 4.69) is 21.0 Å². The minimum absolute atomic E-state index is 0.0488. The molecule has 1 atom stereocenters. The molecule has 1 aromatic heterocycles. The molecule has 2 heterocycles. The Bertz CT molecular complexity index is 805. The number of aromatic nitrogens is 3. The summed E-state index contributed by atoms with van der Waals surface area (Å²) in [6, 6.07) is 6.02. The Kier molecular flexibility index (Phi) is 6.40. The van der Waals surface area contributed by atoms with Crippen LogP contribution >= 0.6 is 11.8 Å². The number of halogens is 1. The van der Waals surface area contributed by atoms with Gasteiger partial charge in [-0.05, 0) is 37.1 Å². The fraction of sp³-hybridized carbons (Fsp3) is 0.412. The van der Waals surface area contributed by atoms with Crippen molar-refractivity contribution in [2.24, 2.45) is 0 Å². The minimum Gasteiger partial charge on any atom is -0.376 e. The van der Waals surface area contributed by atoms with Crippen LogP contribution in [0.3, 0.4) is 0 Å². The maximum absolute atomic E-state index is 13.2. The Hall–Kier alpha value is -2.46. The van der Waals surface area contributed by atoms with Crippen LogP contribution in [-0.4, -0.2) is 45.0 Å². The molecule has 27 heavy (non-hydrogen) atoms. The molecule has 1 aliphatic heterocycles. The molecule has 2 N–H and O–H groups in total. The van der Waals surface area contributed by atoms with Gasteiger partial charge in [-0.2, -0.15) is 0 Å². The molecule has 0 spiro atoms. The van der Waals surface area contributed by atoms with E-state index in [1.54, 1.807) is 12.1 Å². The van der Waals surface area contributed by atoms with Crippen molar-refractivity contribution in [2.75, 3.05) is 12.4 Å². The molecule has 1 aliphatic rings. The van der Waals surface area contributed by atoms with Crippen LogP contribution in [0.25, 0.3) is 11.4 Å². The number of nitrogens with one attached hydrogen (secondary N) is 2. The highest BCUT2D eigenvalue weighted by Crippen LogP contribution is 2.26. The number of hydrogen-bond acceptors (Lipinski definition) is 6. The molecule has 1 fully saturated rings. The number of ether oxygens (including phenoxy) is 1. The normalized spacial score (nSPS) is 16.3. The summed E-state index contributed by atoms with van der Waals surface area (Å²) in [7, 11) is 0. The summed E-state index contributed by atoms with van der Waals surface area (Å²) in [5.41, 5.74) is 5.28. The Morgan fingerprint density at radius 3 is 2.74 bits per heavy atom. The first kappa shape index (κ1) is 19.3. The molecular formula is C17H20FN5O3S. The van der Waals surface area contributed by atoms with Crippen molar-refractivity contribution >= 4 is 23.6 Å². The van der Waals surface area contributed by atoms with Gasteiger partial charge in [-0.3, -0.25) is 25.0 Å². The van der Waals surface area contributed by atoms with E-state index in [-0.39, 0.29) is 29.5 Å². The Labute approximate surface area is 159 Å². The second-order valence-electron chi connectivity index (χ2n) is 6.08. The average molecular weight is 393 g/mol. The van der Waals surface area contributed by atoms with Crippen LogP contribution in [0, 0.1) is 5.82 Å². The van der Waals surface area contributed by atoms with Gasteiger partial charge in [0.05, 0.1) is 18.4 Å². The van der Waals surface area contributed by atoms with Gasteiger partial charge < -0.3 is 4.74 Å². The SMILES string of the molecule is CC(=O)NNC(=O)CSc1nnc(-c2ccc(F)cc2)n1C[C@@H]1CCCO1. The monoisotopic (exact) mass is 393 g/mol. The van der Waals surface area contributed by atoms with Crippen molar-refractivity contribution in [1.82, 2.24) is 25.6 Å². The van der Waals surface area contributed by atoms with Crippen molar-refractivity contribution < 1.29 is 18.7 Å². The van der Waals surface area contributed by atoms with E-state index in [1.165, 1.54) is 30.8 Å². The lowest BCUT2D eigenvalue weighted by atomic mass is 10.2. The van der Waals surface area contributed by atoms with Gasteiger partial charge in [0.1, 0.15) is 5.82 Å². The third kappa shape index (κ3) is 5.27. The second-order valence-corrected chi connectivity index (χ2v) is 7.02. The van der Waals surface area contributed by atoms with Crippen molar-refractivity contribution in [1.29, 1.82) is 0 Å². The molecular weight excluding hydrogens is 373 g/mol. The number of hydrogen-bond donors (Lipinski definition) is 2. The molecule has 0 saturated carbocycles. The molecule has 0 unspecified atom stereocenters. The van der Waals surface area contributed by atoms with Crippen LogP contribution in [0.4, 0.5) is 4.39 Å². The van der Waals surface area contributed by atoms with Gasteiger partial charge in [-0.15, -0.1) is 10.2 Å². The largest absolute Gasteiger partial charge is 0.376 e. The fourth-order valence-corrected chi connectivity index (χ4v) is 3.44. The molecule has 1 saturated heterocycles. The van der Waals surface area contributed by atoms with Gasteiger partial charge in [0, 0.05) is 19.1 Å². The number of amides is 2. The number of carbonyl (C=O) groups excluding carboxylic acids is 2. The number of thioether (sulfide) groups is 1. The zero-order valence-electron chi connectivity index (χ0n) is 14.8. The van der Waals surface area contributed by atoms with Crippen molar-refractivity contribution in [3.05, 3.63) is 30.1 Å². The van der Waals surface area contributed by atoms with Crippen molar-refractivity contribution in [3.8, 4) is 11.4 Å². The summed E-state index contributed by atoms with van der Waals surface area (Å²) in [5.74, 6) is -0.380. The summed E-state index contributed by atoms with van der Waals surface area (Å²) in [6.07, 6.45) is 1.99. The van der Waals surface area contributed by atoms with Gasteiger partial charge in [-0.25, -0.2) is 4.39 Å². The molecule has 2 amide bonds. The van der Waals surface area contributed by atoms with E-state index in [1.807, 2.05) is 4.57 Å². The van der Waals surface area contributed by atoms with Gasteiger partial charge >= 0.3 is 0 Å². The zero-order valence-corrected chi connectivity index (χ0v) is 15.6. The summed E-state index contributed by atoms with van der Waals surface area (Å²) in [5, 5.41) is 8.96. The Morgan fingerprint density at radius 1 is 1.30 bits per heavy atom. The highest BCUT2D eigenvalue weighted by Gasteiger charge is 2.22. The number of hydrazine groups is 1. The van der Waals surface area contributed by atoms with Gasteiger partial charge in [0.15, 0.2) is 11.0 Å². The van der Waals surface area contributed by atoms with Gasteiger partial charge in [0.2, 0.25) is 11.8 Å². The van der Waals surface area contributed by atoms with E-state index in [0.29, 0.717) is 17.5 Å². The first-order valence-corrected chi connectivity index (χ1v) is 9.50. The van der Waals surface area contributed by atoms with E-state index in [4.69, 9.17) is 4.74 Å². The molecule has 2 aromatic rings. The average Bonchev–Trinajstić information content (AvgIpc) is 3.29. The van der Waals surface area contributed by atoms with Crippen molar-refractivity contribution in [2.45, 2.75) is 37.6 Å². The van der Waals surface area contributed by atoms with Crippen molar-refractivity contribution in [3.63, 3.8) is 0 Å². The fourth-order valence-electron chi connectivity index (χ4n) is 2.69. The van der Waals surface area contributed by atoms with Crippen LogP contribution in [0.15, 0.2) is 29.4 Å². The predicted molar refractivity (Wildman–Crippen MR) is 97.1 cm³/mol. The molecule has 1 aromatic carbocycles. The number of nitrogens with zero attached hydrogens (tertiary/aromatic N) is 3. The van der Waals surface area contributed by atoms with E-state index < -0.39 is 0 Å². The van der Waals surface area contributed by atoms with Crippen LogP contribution < -0.4 is 10.9 Å². The van der Waals surface area contributed by atoms with Crippen LogP contribution in [0.1, 0.15) is 19.8 Å². The number of rotatable bonds is 6. The lowest BCUT2D eigenvalue weighted by Gasteiger charge is -2.14. The molecule has 10 heteroatoms. The molecule has 3 rings (SSSR count). The smallest absolute Gasteiger partial charge is 0.248 e. The lowest BCUT2D eigenvalue weighted by molar-refractivity contribution is -0.126. The lowest BCUT2D eigenvalue weighted by Crippen LogP contribution is -2.41. The summed E-state index contributed by atoms with van der Waals surface area (Å²) >= 11 is 1.21. The Balaban J connectivity index is 1.76. The third-order valence-electron chi connectivity index (χ3n) is 3.94. The summed E-state index contributed by atoms with van der Waals surface area (Å²) < 4.78 is 20.8. The molecule has 0 aliphatic carbocycles. The Morgan fingerprint density at radius 2 is 2.07 bits per heavy atom. The molecule has 0 bridgehead atoms. The van der Waals surface area contributed by atoms with Crippen LogP contribution in [0.5, 0.6) is 0 Å². The van der Waals surface area contributed by atoms with Crippen LogP contribution in [-0.2, 0) is 20.9 Å². The predicted octanol–water partition coefficient (Wildman–Crippen LogP) is 1.52. The second kappa shape index (κ2) is 8.96. The minimum atomic E-state index is -0.356. The standard InChI is InChI=1S/C17H20FN5O3S/c1-11(24)19-20-15(25)10-27-17-22-21-16(12-4-6-13(18)7-5-12)23(17)9-14-3-2-8-26-14/h4-7,14H,2-3,8-10H2,1H3,(H,19,24)(H,20,25)/t14-/m0/s1. The molecule has 144 valence electrons. The quantitative estimate of drug-likeness (QED) is 0.570. The topological polar surface area (TPSA) is 98.1 Å². The first-order chi connectivity index (χ1) is 13.0. The van der Waals surface area contributed by atoms with Crippen LogP contribution in [0.2, 0.25) is 0 Å². The number of carbonyl (C=O) groups is 2. The highest BCUT2D eigenvalue weighted by molar-refractivity contribution is 7.99. The van der Waals surface area contributed by atoms with Gasteiger partial charge in [-0.1, -0.05) is 11.8 Å². The highest BCUT2D eigenvalue weighted by atomic mass is 32.2. The summed E-state index contributed by atoms with van der Waals surface area (Å²) in [6.45, 7) is 2.58. The first-order valence-electron chi connectivity index (χ1n) is 8.52. The third-order valence-corrected chi connectivity index (χ3v) is 4.91. The molecule has 0 radical (unpaired) electrons. The maximum Gasteiger partial charge on any atom is 0.248 e. The van der Waals surface area contributed by atoms with Gasteiger partial charge in [0.25, 0.3) is 0 Å². The zero-order chi connectivity index (χ0) is 19.2. The van der Waals surface area contributed by atoms with E-state index >= 15 is 0 Å². The summed E-state index contributed by atoms with van der Waals surface area (Å²) in [4.78, 5) is 22.7. The molecule has 8 nitrogen and oxygen atoms in total. The number of benzene rings is 1. The van der Waals surface area contributed by atoms with E-state index in [0.717, 1.165) is 25.0 Å². The van der Waals surface area contributed by atoms with E-state index in [9.17, 15) is 14.0 Å².